The highest BCUT2D eigenvalue weighted by Gasteiger charge is 2.34. The Morgan fingerprint density at radius 1 is 0.625 bits per heavy atom. The van der Waals surface area contributed by atoms with E-state index >= 15 is 0 Å². The molecular weight excluding hydrogens is 308 g/mol. The maximum absolute atomic E-state index is 12.4. The Kier molecular flexibility index (Phi) is 1.75. The van der Waals surface area contributed by atoms with Crippen LogP contribution in [-0.4, -0.2) is 47.5 Å². The van der Waals surface area contributed by atoms with Gasteiger partial charge in [0.1, 0.15) is 0 Å². The van der Waals surface area contributed by atoms with Crippen LogP contribution < -0.4 is 0 Å². The Bertz CT molecular complexity index is 1180. The molecule has 0 bridgehead atoms. The summed E-state index contributed by atoms with van der Waals surface area (Å²) < 4.78 is 49.7. The van der Waals surface area contributed by atoms with Gasteiger partial charge >= 0.3 is 0 Å². The summed E-state index contributed by atoms with van der Waals surface area (Å²) in [7, 11) is 2.33. The van der Waals surface area contributed by atoms with Crippen molar-refractivity contribution >= 4 is 23.6 Å². The summed E-state index contributed by atoms with van der Waals surface area (Å²) in [5, 5.41) is 0. The second kappa shape index (κ2) is 4.61. The Morgan fingerprint density at radius 2 is 0.958 bits per heavy atom. The lowest BCUT2D eigenvalue weighted by Gasteiger charge is -2.05. The zero-order valence-corrected chi connectivity index (χ0v) is 12.5. The van der Waals surface area contributed by atoms with Crippen molar-refractivity contribution < 1.29 is 27.4 Å². The van der Waals surface area contributed by atoms with Crippen molar-refractivity contribution in [1.29, 1.82) is 0 Å². The SMILES string of the molecule is [2H]c1c([2H])c(-c2c([2H])c([2H])c3c(c2[2H])C(=O)N(C)C3=O)c([2H])c2c1C(=O)N(C)C2=O. The molecule has 2 heterocycles. The van der Waals surface area contributed by atoms with Crippen LogP contribution in [0.25, 0.3) is 11.1 Å². The van der Waals surface area contributed by atoms with Gasteiger partial charge in [-0.25, -0.2) is 0 Å². The van der Waals surface area contributed by atoms with Crippen molar-refractivity contribution in [2.45, 2.75) is 0 Å². The molecule has 118 valence electrons. The Labute approximate surface area is 145 Å². The highest BCUT2D eigenvalue weighted by molar-refractivity contribution is 6.22. The van der Waals surface area contributed by atoms with E-state index in [1.54, 1.807) is 0 Å². The number of benzene rings is 2. The topological polar surface area (TPSA) is 74.8 Å². The zero-order valence-electron chi connectivity index (χ0n) is 18.5. The molecule has 6 heteroatoms. The second-order valence-electron chi connectivity index (χ2n) is 5.34. The van der Waals surface area contributed by atoms with Crippen molar-refractivity contribution in [3.63, 3.8) is 0 Å². The van der Waals surface area contributed by atoms with E-state index in [1.165, 1.54) is 0 Å². The highest BCUT2D eigenvalue weighted by Crippen LogP contribution is 2.31. The van der Waals surface area contributed by atoms with E-state index in [4.69, 9.17) is 8.22 Å². The fourth-order valence-corrected chi connectivity index (χ4v) is 2.56. The second-order valence-corrected chi connectivity index (χ2v) is 5.34. The van der Waals surface area contributed by atoms with Crippen molar-refractivity contribution in [3.8, 4) is 11.1 Å². The van der Waals surface area contributed by atoms with Crippen LogP contribution in [0.5, 0.6) is 0 Å². The first-order valence-corrected chi connectivity index (χ1v) is 6.86. The number of carbonyl (C=O) groups is 4. The highest BCUT2D eigenvalue weighted by atomic mass is 16.2. The number of nitrogens with zero attached hydrogens (tertiary/aromatic N) is 2. The molecule has 0 aromatic heterocycles. The zero-order chi connectivity index (χ0) is 22.4. The molecule has 0 radical (unpaired) electrons. The quantitative estimate of drug-likeness (QED) is 0.749. The number of hydrogen-bond acceptors (Lipinski definition) is 4. The van der Waals surface area contributed by atoms with E-state index in [0.29, 0.717) is 9.80 Å². The van der Waals surface area contributed by atoms with E-state index in [2.05, 4.69) is 0 Å². The number of amides is 4. The lowest BCUT2D eigenvalue weighted by atomic mass is 9.97. The molecule has 2 aromatic rings. The molecule has 0 N–H and O–H groups in total. The van der Waals surface area contributed by atoms with Gasteiger partial charge in [0, 0.05) is 14.1 Å². The third-order valence-corrected chi connectivity index (χ3v) is 3.95. The molecule has 2 aliphatic rings. The minimum absolute atomic E-state index is 0.419. The van der Waals surface area contributed by atoms with Crippen LogP contribution in [-0.2, 0) is 0 Å². The first-order valence-electron chi connectivity index (χ1n) is 9.86. The average molecular weight is 326 g/mol. The van der Waals surface area contributed by atoms with Crippen molar-refractivity contribution in [1.82, 2.24) is 9.80 Å². The molecule has 2 aliphatic heterocycles. The standard InChI is InChI=1S/C18H12N2O4/c1-19-15(21)11-5-3-9(7-13(11)17(19)23)10-4-6-12-14(8-10)18(24)20(2)16(12)22/h3-8H,1-2H3/i3D,4D,5D,6D,7D,8D. The molecule has 6 nitrogen and oxygen atoms in total. The summed E-state index contributed by atoms with van der Waals surface area (Å²) in [6.07, 6.45) is 0. The maximum Gasteiger partial charge on any atom is 0.261 e. The van der Waals surface area contributed by atoms with Crippen LogP contribution in [0.2, 0.25) is 0 Å². The van der Waals surface area contributed by atoms with Crippen LogP contribution in [0.3, 0.4) is 0 Å². The van der Waals surface area contributed by atoms with Gasteiger partial charge in [-0.1, -0.05) is 12.1 Å². The minimum Gasteiger partial charge on any atom is -0.277 e. The summed E-state index contributed by atoms with van der Waals surface area (Å²) in [4.78, 5) is 50.8. The summed E-state index contributed by atoms with van der Waals surface area (Å²) in [5.74, 6) is -3.43. The molecule has 0 unspecified atom stereocenters. The van der Waals surface area contributed by atoms with Gasteiger partial charge in [-0.05, 0) is 35.3 Å². The minimum atomic E-state index is -0.869. The number of imide groups is 2. The smallest absolute Gasteiger partial charge is 0.261 e. The van der Waals surface area contributed by atoms with Gasteiger partial charge in [-0.15, -0.1) is 0 Å². The van der Waals surface area contributed by atoms with Crippen LogP contribution in [0.4, 0.5) is 0 Å². The molecule has 0 aliphatic carbocycles. The molecule has 24 heavy (non-hydrogen) atoms. The fraction of sp³-hybridized carbons (Fsp3) is 0.111. The number of carbonyl (C=O) groups excluding carboxylic acids is 4. The van der Waals surface area contributed by atoms with Gasteiger partial charge < -0.3 is 0 Å². The lowest BCUT2D eigenvalue weighted by Crippen LogP contribution is -2.24. The van der Waals surface area contributed by atoms with Crippen LogP contribution in [0.1, 0.15) is 49.7 Å². The van der Waals surface area contributed by atoms with Crippen molar-refractivity contribution in [2.24, 2.45) is 0 Å². The average Bonchev–Trinajstić information content (AvgIpc) is 3.07. The molecule has 0 fully saturated rings. The van der Waals surface area contributed by atoms with E-state index in [1.807, 2.05) is 0 Å². The largest absolute Gasteiger partial charge is 0.277 e. The van der Waals surface area contributed by atoms with E-state index < -0.39 is 93.3 Å². The molecule has 0 saturated carbocycles. The van der Waals surface area contributed by atoms with Gasteiger partial charge in [-0.2, -0.15) is 0 Å². The maximum atomic E-state index is 12.4. The number of fused-ring (bicyclic) bond motifs is 2. The predicted octanol–water partition coefficient (Wildman–Crippen LogP) is 1.81. The van der Waals surface area contributed by atoms with Gasteiger partial charge in [-0.3, -0.25) is 29.0 Å². The molecular formula is C18H12N2O4. The van der Waals surface area contributed by atoms with Crippen molar-refractivity contribution in [3.05, 3.63) is 58.5 Å². The van der Waals surface area contributed by atoms with E-state index in [9.17, 15) is 19.2 Å². The first kappa shape index (κ1) is 9.12. The third kappa shape index (κ3) is 1.70. The third-order valence-electron chi connectivity index (χ3n) is 3.95. The number of hydrogen-bond donors (Lipinski definition) is 0. The Balaban J connectivity index is 2.16. The Morgan fingerprint density at radius 3 is 1.33 bits per heavy atom. The molecule has 4 rings (SSSR count). The predicted molar refractivity (Wildman–Crippen MR) is 84.7 cm³/mol. The lowest BCUT2D eigenvalue weighted by molar-refractivity contribution is 0.0677. The molecule has 4 amide bonds. The van der Waals surface area contributed by atoms with Gasteiger partial charge in [0.15, 0.2) is 0 Å². The molecule has 0 atom stereocenters. The van der Waals surface area contributed by atoms with Gasteiger partial charge in [0.25, 0.3) is 23.6 Å². The normalized spacial score (nSPS) is 19.6. The van der Waals surface area contributed by atoms with E-state index in [0.717, 1.165) is 14.1 Å². The van der Waals surface area contributed by atoms with Crippen LogP contribution >= 0.6 is 0 Å². The fourth-order valence-electron chi connectivity index (χ4n) is 2.56. The van der Waals surface area contributed by atoms with Crippen molar-refractivity contribution in [2.75, 3.05) is 14.1 Å². The van der Waals surface area contributed by atoms with Gasteiger partial charge in [0.05, 0.1) is 30.5 Å². The summed E-state index contributed by atoms with van der Waals surface area (Å²) >= 11 is 0. The van der Waals surface area contributed by atoms with Gasteiger partial charge in [0.2, 0.25) is 0 Å². The summed E-state index contributed by atoms with van der Waals surface area (Å²) in [6, 6.07) is -4.02. The monoisotopic (exact) mass is 326 g/mol. The first-order chi connectivity index (χ1) is 13.9. The summed E-state index contributed by atoms with van der Waals surface area (Å²) in [6.45, 7) is 0. The Hall–Kier alpha value is -3.28. The molecule has 0 spiro atoms. The molecule has 0 saturated heterocycles. The molecule has 2 aromatic carbocycles. The number of rotatable bonds is 1. The van der Waals surface area contributed by atoms with E-state index in [-0.39, 0.29) is 0 Å². The van der Waals surface area contributed by atoms with Crippen LogP contribution in [0.15, 0.2) is 36.3 Å². The van der Waals surface area contributed by atoms with Crippen LogP contribution in [0, 0.1) is 0 Å². The summed E-state index contributed by atoms with van der Waals surface area (Å²) in [5.41, 5.74) is -2.70.